The normalized spacial score (nSPS) is 14.6. The Hall–Kier alpha value is -1.75. The monoisotopic (exact) mass is 343 g/mol. The summed E-state index contributed by atoms with van der Waals surface area (Å²) in [5.41, 5.74) is 3.58. The van der Waals surface area contributed by atoms with Crippen molar-refractivity contribution in [3.8, 4) is 0 Å². The molecule has 0 saturated carbocycles. The minimum absolute atomic E-state index is 0.164. The lowest BCUT2D eigenvalue weighted by molar-refractivity contribution is -0.121. The zero-order chi connectivity index (χ0) is 16.6. The number of para-hydroxylation sites is 2. The summed E-state index contributed by atoms with van der Waals surface area (Å²) < 4.78 is 0. The number of allylic oxidation sites excluding steroid dienone is 1. The Bertz CT molecular complexity index is 674. The van der Waals surface area contributed by atoms with Crippen LogP contribution in [0.3, 0.4) is 0 Å². The van der Waals surface area contributed by atoms with Gasteiger partial charge in [-0.15, -0.1) is 0 Å². The fourth-order valence-corrected chi connectivity index (χ4v) is 3.81. The van der Waals surface area contributed by atoms with E-state index in [1.165, 1.54) is 31.3 Å². The van der Waals surface area contributed by atoms with Gasteiger partial charge in [0, 0.05) is 18.7 Å². The second kappa shape index (κ2) is 8.92. The summed E-state index contributed by atoms with van der Waals surface area (Å²) >= 11 is 1.68. The van der Waals surface area contributed by atoms with E-state index in [0.29, 0.717) is 6.42 Å². The highest BCUT2D eigenvalue weighted by atomic mass is 32.2. The first kappa shape index (κ1) is 17.1. The Morgan fingerprint density at radius 1 is 1.29 bits per heavy atom. The Morgan fingerprint density at radius 3 is 3.04 bits per heavy atom. The minimum atomic E-state index is 0.164. The van der Waals surface area contributed by atoms with Crippen LogP contribution in [0.2, 0.25) is 0 Å². The number of amides is 1. The Morgan fingerprint density at radius 2 is 2.21 bits per heavy atom. The van der Waals surface area contributed by atoms with Gasteiger partial charge in [-0.05, 0) is 50.7 Å². The van der Waals surface area contributed by atoms with Gasteiger partial charge in [-0.2, -0.15) is 0 Å². The number of nitrogens with zero attached hydrogens (tertiary/aromatic N) is 1. The lowest BCUT2D eigenvalue weighted by Gasteiger charge is -2.12. The van der Waals surface area contributed by atoms with Crippen molar-refractivity contribution in [1.82, 2.24) is 15.3 Å². The average molecular weight is 343 g/mol. The van der Waals surface area contributed by atoms with E-state index >= 15 is 0 Å². The molecule has 1 aromatic heterocycles. The molecular formula is C19H25N3OS. The molecule has 5 heteroatoms. The van der Waals surface area contributed by atoms with Gasteiger partial charge < -0.3 is 10.3 Å². The van der Waals surface area contributed by atoms with Crippen LogP contribution in [0.5, 0.6) is 0 Å². The summed E-state index contributed by atoms with van der Waals surface area (Å²) in [6.07, 6.45) is 9.87. The van der Waals surface area contributed by atoms with Crippen LogP contribution in [0.25, 0.3) is 11.0 Å². The third-order valence-corrected chi connectivity index (χ3v) is 5.27. The molecule has 1 aromatic carbocycles. The number of hydrogen-bond acceptors (Lipinski definition) is 3. The number of rotatable bonds is 8. The lowest BCUT2D eigenvalue weighted by atomic mass is 9.97. The van der Waals surface area contributed by atoms with Gasteiger partial charge in [0.15, 0.2) is 5.16 Å². The molecular weight excluding hydrogens is 318 g/mol. The summed E-state index contributed by atoms with van der Waals surface area (Å²) in [4.78, 5) is 19.7. The summed E-state index contributed by atoms with van der Waals surface area (Å²) in [6, 6.07) is 8.03. The number of aromatic amines is 1. The van der Waals surface area contributed by atoms with E-state index in [9.17, 15) is 4.79 Å². The number of thioether (sulfide) groups is 1. The number of hydrogen-bond donors (Lipinski definition) is 2. The van der Waals surface area contributed by atoms with Crippen LogP contribution >= 0.6 is 11.8 Å². The Labute approximate surface area is 147 Å². The molecule has 24 heavy (non-hydrogen) atoms. The average Bonchev–Trinajstić information content (AvgIpc) is 3.02. The van der Waals surface area contributed by atoms with Gasteiger partial charge >= 0.3 is 0 Å². The smallest absolute Gasteiger partial charge is 0.220 e. The summed E-state index contributed by atoms with van der Waals surface area (Å²) in [5.74, 6) is 1.06. The van der Waals surface area contributed by atoms with E-state index in [0.717, 1.165) is 41.3 Å². The Balaban J connectivity index is 1.29. The molecule has 0 radical (unpaired) electrons. The summed E-state index contributed by atoms with van der Waals surface area (Å²) in [7, 11) is 0. The van der Waals surface area contributed by atoms with Crippen molar-refractivity contribution in [1.29, 1.82) is 0 Å². The fraction of sp³-hybridized carbons (Fsp3) is 0.474. The van der Waals surface area contributed by atoms with Crippen LogP contribution in [0.15, 0.2) is 41.1 Å². The second-order valence-corrected chi connectivity index (χ2v) is 7.30. The molecule has 1 aliphatic rings. The van der Waals surface area contributed by atoms with Crippen LogP contribution in [0, 0.1) is 0 Å². The fourth-order valence-electron chi connectivity index (χ4n) is 2.98. The van der Waals surface area contributed by atoms with Crippen molar-refractivity contribution >= 4 is 28.7 Å². The zero-order valence-corrected chi connectivity index (χ0v) is 14.8. The molecule has 128 valence electrons. The van der Waals surface area contributed by atoms with Crippen molar-refractivity contribution in [2.75, 3.05) is 12.3 Å². The maximum Gasteiger partial charge on any atom is 0.220 e. The second-order valence-electron chi connectivity index (χ2n) is 6.22. The van der Waals surface area contributed by atoms with E-state index in [1.807, 2.05) is 24.3 Å². The largest absolute Gasteiger partial charge is 0.356 e. The van der Waals surface area contributed by atoms with Crippen LogP contribution in [-0.2, 0) is 4.79 Å². The number of benzene rings is 1. The topological polar surface area (TPSA) is 57.8 Å². The van der Waals surface area contributed by atoms with E-state index in [2.05, 4.69) is 21.4 Å². The molecule has 0 aliphatic heterocycles. The first-order valence-electron chi connectivity index (χ1n) is 8.83. The van der Waals surface area contributed by atoms with Crippen molar-refractivity contribution < 1.29 is 4.79 Å². The van der Waals surface area contributed by atoms with Gasteiger partial charge in [-0.1, -0.05) is 35.5 Å². The standard InChI is InChI=1S/C19H25N3OS/c23-18(20-13-12-15-7-2-1-3-8-15)11-6-14-24-19-21-16-9-4-5-10-17(16)22-19/h4-5,7,9-10H,1-3,6,8,11-14H2,(H,20,23)(H,21,22). The number of carbonyl (C=O) groups excluding carboxylic acids is 1. The first-order valence-corrected chi connectivity index (χ1v) is 9.82. The maximum absolute atomic E-state index is 11.9. The predicted octanol–water partition coefficient (Wildman–Crippen LogP) is 4.44. The van der Waals surface area contributed by atoms with Gasteiger partial charge in [0.1, 0.15) is 0 Å². The summed E-state index contributed by atoms with van der Waals surface area (Å²) in [6.45, 7) is 0.779. The van der Waals surface area contributed by atoms with Crippen LogP contribution in [-0.4, -0.2) is 28.2 Å². The molecule has 0 unspecified atom stereocenters. The quantitative estimate of drug-likeness (QED) is 0.423. The highest BCUT2D eigenvalue weighted by molar-refractivity contribution is 7.99. The van der Waals surface area contributed by atoms with Gasteiger partial charge in [-0.25, -0.2) is 4.98 Å². The van der Waals surface area contributed by atoms with Crippen molar-refractivity contribution in [3.05, 3.63) is 35.9 Å². The number of fused-ring (bicyclic) bond motifs is 1. The number of carbonyl (C=O) groups is 1. The SMILES string of the molecule is O=C(CCCSc1nc2ccccc2[nH]1)NCCC1=CCCCC1. The molecule has 0 atom stereocenters. The molecule has 2 N–H and O–H groups in total. The third kappa shape index (κ3) is 5.13. The number of H-pyrrole nitrogens is 1. The maximum atomic E-state index is 11.9. The molecule has 0 saturated heterocycles. The number of nitrogens with one attached hydrogen (secondary N) is 2. The van der Waals surface area contributed by atoms with Crippen molar-refractivity contribution in [3.63, 3.8) is 0 Å². The van der Waals surface area contributed by atoms with E-state index in [4.69, 9.17) is 0 Å². The number of imidazole rings is 1. The number of aromatic nitrogens is 2. The molecule has 1 amide bonds. The highest BCUT2D eigenvalue weighted by Crippen LogP contribution is 2.20. The predicted molar refractivity (Wildman–Crippen MR) is 100 cm³/mol. The summed E-state index contributed by atoms with van der Waals surface area (Å²) in [5, 5.41) is 3.97. The van der Waals surface area contributed by atoms with Gasteiger partial charge in [0.25, 0.3) is 0 Å². The molecule has 3 rings (SSSR count). The van der Waals surface area contributed by atoms with E-state index in [-0.39, 0.29) is 5.91 Å². The van der Waals surface area contributed by atoms with Gasteiger partial charge in [0.2, 0.25) is 5.91 Å². The van der Waals surface area contributed by atoms with Crippen LogP contribution < -0.4 is 5.32 Å². The third-order valence-electron chi connectivity index (χ3n) is 4.31. The van der Waals surface area contributed by atoms with E-state index < -0.39 is 0 Å². The molecule has 1 heterocycles. The van der Waals surface area contributed by atoms with E-state index in [1.54, 1.807) is 11.8 Å². The molecule has 0 bridgehead atoms. The Kier molecular flexibility index (Phi) is 6.35. The molecule has 1 aliphatic carbocycles. The molecule has 0 fully saturated rings. The van der Waals surface area contributed by atoms with Crippen LogP contribution in [0.1, 0.15) is 44.9 Å². The van der Waals surface area contributed by atoms with Gasteiger partial charge in [0.05, 0.1) is 11.0 Å². The molecule has 2 aromatic rings. The lowest BCUT2D eigenvalue weighted by Crippen LogP contribution is -2.24. The molecule has 0 spiro atoms. The highest BCUT2D eigenvalue weighted by Gasteiger charge is 2.06. The minimum Gasteiger partial charge on any atom is -0.356 e. The first-order chi connectivity index (χ1) is 11.8. The van der Waals surface area contributed by atoms with Crippen molar-refractivity contribution in [2.24, 2.45) is 0 Å². The van der Waals surface area contributed by atoms with Gasteiger partial charge in [-0.3, -0.25) is 4.79 Å². The zero-order valence-electron chi connectivity index (χ0n) is 14.0. The van der Waals surface area contributed by atoms with Crippen molar-refractivity contribution in [2.45, 2.75) is 50.1 Å². The molecule has 4 nitrogen and oxygen atoms in total. The van der Waals surface area contributed by atoms with Crippen LogP contribution in [0.4, 0.5) is 0 Å².